The summed E-state index contributed by atoms with van der Waals surface area (Å²) in [5.41, 5.74) is 9.99. The summed E-state index contributed by atoms with van der Waals surface area (Å²) in [6.07, 6.45) is 5.67. The van der Waals surface area contributed by atoms with Crippen LogP contribution in [0.4, 0.5) is 5.95 Å². The Morgan fingerprint density at radius 3 is 2.61 bits per heavy atom. The zero-order valence-corrected chi connectivity index (χ0v) is 16.6. The third-order valence-corrected chi connectivity index (χ3v) is 5.87. The van der Waals surface area contributed by atoms with Crippen LogP contribution in [0.5, 0.6) is 0 Å². The van der Waals surface area contributed by atoms with Crippen molar-refractivity contribution in [3.8, 4) is 6.07 Å². The number of benzene rings is 1. The van der Waals surface area contributed by atoms with Crippen molar-refractivity contribution in [2.75, 3.05) is 4.90 Å². The number of anilines is 1. The van der Waals surface area contributed by atoms with Gasteiger partial charge in [0.15, 0.2) is 5.78 Å². The second kappa shape index (κ2) is 7.54. The molecule has 1 aliphatic carbocycles. The zero-order valence-electron chi connectivity index (χ0n) is 16.6. The van der Waals surface area contributed by atoms with Gasteiger partial charge in [-0.1, -0.05) is 36.4 Å². The average molecular weight is 409 g/mol. The van der Waals surface area contributed by atoms with Crippen molar-refractivity contribution in [2.45, 2.75) is 24.7 Å². The van der Waals surface area contributed by atoms with Gasteiger partial charge in [0.2, 0.25) is 5.95 Å². The summed E-state index contributed by atoms with van der Waals surface area (Å²) < 4.78 is 0. The Morgan fingerprint density at radius 1 is 1.13 bits per heavy atom. The molecule has 2 aliphatic rings. The lowest BCUT2D eigenvalue weighted by Crippen LogP contribution is -2.40. The summed E-state index contributed by atoms with van der Waals surface area (Å²) in [6, 6.07) is 15.9. The lowest BCUT2D eigenvalue weighted by molar-refractivity contribution is -0.116. The van der Waals surface area contributed by atoms with Crippen LogP contribution in [0.3, 0.4) is 0 Å². The first-order chi connectivity index (χ1) is 15.2. The molecule has 3 heterocycles. The monoisotopic (exact) mass is 409 g/mol. The van der Waals surface area contributed by atoms with Crippen LogP contribution in [0.15, 0.2) is 83.8 Å². The van der Waals surface area contributed by atoms with E-state index in [0.29, 0.717) is 29.9 Å². The van der Waals surface area contributed by atoms with Crippen LogP contribution in [-0.2, 0) is 4.79 Å². The Morgan fingerprint density at radius 2 is 1.94 bits per heavy atom. The molecule has 0 spiro atoms. The van der Waals surface area contributed by atoms with Crippen molar-refractivity contribution in [2.24, 2.45) is 5.73 Å². The quantitative estimate of drug-likeness (QED) is 0.681. The summed E-state index contributed by atoms with van der Waals surface area (Å²) in [6.45, 7) is 0. The van der Waals surface area contributed by atoms with E-state index in [1.807, 2.05) is 36.4 Å². The first-order valence-electron chi connectivity index (χ1n) is 9.95. The van der Waals surface area contributed by atoms with Crippen LogP contribution in [-0.4, -0.2) is 25.9 Å². The first kappa shape index (κ1) is 18.8. The van der Waals surface area contributed by atoms with E-state index in [0.717, 1.165) is 16.8 Å². The average Bonchev–Trinajstić information content (AvgIpc) is 3.33. The van der Waals surface area contributed by atoms with E-state index in [-0.39, 0.29) is 17.5 Å². The highest BCUT2D eigenvalue weighted by Crippen LogP contribution is 2.48. The molecule has 3 N–H and O–H groups in total. The SMILES string of the molecule is N#CC1=C(N)N(c2ncn[nH]2)C2=C(C(=O)C[C@H](c3ccccc3)C2)[C@@H]1c1cccnc1. The smallest absolute Gasteiger partial charge is 0.231 e. The van der Waals surface area contributed by atoms with Crippen LogP contribution < -0.4 is 10.6 Å². The van der Waals surface area contributed by atoms with Crippen molar-refractivity contribution in [3.63, 3.8) is 0 Å². The molecule has 1 aromatic carbocycles. The number of carbonyl (C=O) groups excluding carboxylic acids is 1. The molecule has 8 heteroatoms. The summed E-state index contributed by atoms with van der Waals surface area (Å²) in [4.78, 5) is 23.7. The number of nitrogens with zero attached hydrogens (tertiary/aromatic N) is 5. The van der Waals surface area contributed by atoms with Gasteiger partial charge in [0, 0.05) is 30.1 Å². The van der Waals surface area contributed by atoms with Crippen molar-refractivity contribution in [1.29, 1.82) is 5.26 Å². The van der Waals surface area contributed by atoms with Crippen molar-refractivity contribution in [1.82, 2.24) is 20.2 Å². The highest BCUT2D eigenvalue weighted by molar-refractivity contribution is 6.01. The first-order valence-corrected chi connectivity index (χ1v) is 9.95. The number of nitrogens with two attached hydrogens (primary N) is 1. The number of hydrogen-bond donors (Lipinski definition) is 2. The number of nitriles is 1. The van der Waals surface area contributed by atoms with Crippen LogP contribution in [0.2, 0.25) is 0 Å². The lowest BCUT2D eigenvalue weighted by atomic mass is 9.72. The molecule has 5 rings (SSSR count). The number of carbonyl (C=O) groups is 1. The Bertz CT molecular complexity index is 1220. The number of allylic oxidation sites excluding steroid dienone is 3. The number of hydrogen-bond acceptors (Lipinski definition) is 7. The summed E-state index contributed by atoms with van der Waals surface area (Å²) in [7, 11) is 0. The molecule has 2 aromatic heterocycles. The molecule has 3 aromatic rings. The van der Waals surface area contributed by atoms with Gasteiger partial charge in [-0.3, -0.25) is 14.7 Å². The lowest BCUT2D eigenvalue weighted by Gasteiger charge is -2.40. The highest BCUT2D eigenvalue weighted by atomic mass is 16.1. The molecular formula is C23H19N7O. The Balaban J connectivity index is 1.71. The minimum absolute atomic E-state index is 0.00357. The molecule has 8 nitrogen and oxygen atoms in total. The van der Waals surface area contributed by atoms with E-state index in [2.05, 4.69) is 26.2 Å². The van der Waals surface area contributed by atoms with Crippen LogP contribution in [0.1, 0.15) is 35.8 Å². The molecule has 0 amide bonds. The number of aromatic amines is 1. The number of Topliss-reactive ketones (excluding diaryl/α,β-unsaturated/α-hetero) is 1. The van der Waals surface area contributed by atoms with E-state index in [1.54, 1.807) is 23.4 Å². The zero-order chi connectivity index (χ0) is 21.4. The molecule has 0 saturated carbocycles. The number of nitrogens with one attached hydrogen (secondary N) is 1. The third kappa shape index (κ3) is 3.07. The van der Waals surface area contributed by atoms with Gasteiger partial charge in [-0.15, -0.1) is 0 Å². The van der Waals surface area contributed by atoms with Gasteiger partial charge >= 0.3 is 0 Å². The van der Waals surface area contributed by atoms with E-state index < -0.39 is 5.92 Å². The number of ketones is 1. The number of H-pyrrole nitrogens is 1. The molecule has 31 heavy (non-hydrogen) atoms. The van der Waals surface area contributed by atoms with Crippen LogP contribution in [0.25, 0.3) is 0 Å². The topological polar surface area (TPSA) is 125 Å². The second-order valence-electron chi connectivity index (χ2n) is 7.57. The predicted molar refractivity (Wildman–Crippen MR) is 113 cm³/mol. The van der Waals surface area contributed by atoms with Gasteiger partial charge in [-0.05, 0) is 29.5 Å². The molecular weight excluding hydrogens is 390 g/mol. The van der Waals surface area contributed by atoms with E-state index in [4.69, 9.17) is 5.73 Å². The maximum absolute atomic E-state index is 13.6. The van der Waals surface area contributed by atoms with Crippen molar-refractivity contribution in [3.05, 3.63) is 95.0 Å². The maximum Gasteiger partial charge on any atom is 0.231 e. The normalized spacial score (nSPS) is 21.1. The fourth-order valence-electron chi connectivity index (χ4n) is 4.52. The predicted octanol–water partition coefficient (Wildman–Crippen LogP) is 2.90. The summed E-state index contributed by atoms with van der Waals surface area (Å²) in [5.74, 6) is 0.0620. The molecule has 0 bridgehead atoms. The van der Waals surface area contributed by atoms with E-state index in [9.17, 15) is 10.1 Å². The van der Waals surface area contributed by atoms with Gasteiger partial charge in [0.1, 0.15) is 12.1 Å². The second-order valence-corrected chi connectivity index (χ2v) is 7.57. The van der Waals surface area contributed by atoms with Gasteiger partial charge in [0.05, 0.1) is 17.6 Å². The van der Waals surface area contributed by atoms with Crippen LogP contribution >= 0.6 is 0 Å². The minimum atomic E-state index is -0.558. The Kier molecular flexibility index (Phi) is 4.56. The van der Waals surface area contributed by atoms with Gasteiger partial charge < -0.3 is 5.73 Å². The third-order valence-electron chi connectivity index (χ3n) is 5.87. The summed E-state index contributed by atoms with van der Waals surface area (Å²) in [5, 5.41) is 16.8. The molecule has 1 aliphatic heterocycles. The van der Waals surface area contributed by atoms with E-state index >= 15 is 0 Å². The number of pyridine rings is 1. The van der Waals surface area contributed by atoms with Crippen molar-refractivity contribution < 1.29 is 4.79 Å². The van der Waals surface area contributed by atoms with Crippen molar-refractivity contribution >= 4 is 11.7 Å². The minimum Gasteiger partial charge on any atom is -0.384 e. The summed E-state index contributed by atoms with van der Waals surface area (Å²) >= 11 is 0. The van der Waals surface area contributed by atoms with Gasteiger partial charge in [-0.2, -0.15) is 15.3 Å². The van der Waals surface area contributed by atoms with Gasteiger partial charge in [0.25, 0.3) is 0 Å². The highest BCUT2D eigenvalue weighted by Gasteiger charge is 2.43. The number of aromatic nitrogens is 4. The largest absolute Gasteiger partial charge is 0.384 e. The fourth-order valence-corrected chi connectivity index (χ4v) is 4.52. The van der Waals surface area contributed by atoms with Gasteiger partial charge in [-0.25, -0.2) is 5.10 Å². The standard InChI is InChI=1S/C23H19N7O/c24-11-17-20(15-7-4-8-26-12-15)21-18(30(22(17)25)23-27-13-28-29-23)9-16(10-19(21)31)14-5-2-1-3-6-14/h1-8,12-13,16,20H,9-10,25H2,(H,27,28,29)/t16-,20-/m1/s1. The van der Waals surface area contributed by atoms with E-state index in [1.165, 1.54) is 6.33 Å². The van der Waals surface area contributed by atoms with Crippen LogP contribution in [0, 0.1) is 11.3 Å². The number of rotatable bonds is 3. The maximum atomic E-state index is 13.6. The molecule has 0 saturated heterocycles. The molecule has 2 atom stereocenters. The Labute approximate surface area is 178 Å². The fraction of sp³-hybridized carbons (Fsp3) is 0.174. The molecule has 0 unspecified atom stereocenters. The molecule has 152 valence electrons. The molecule has 0 fully saturated rings. The Hall–Kier alpha value is -4.25. The molecule has 0 radical (unpaired) electrons.